The third kappa shape index (κ3) is 4.50. The maximum Gasteiger partial charge on any atom is 0.258 e. The van der Waals surface area contributed by atoms with E-state index in [4.69, 9.17) is 11.6 Å². The number of halogens is 1. The van der Waals surface area contributed by atoms with Crippen molar-refractivity contribution in [1.82, 2.24) is 14.1 Å². The van der Waals surface area contributed by atoms with Gasteiger partial charge in [-0.1, -0.05) is 43.6 Å². The number of nitrogens with one attached hydrogen (secondary N) is 1. The van der Waals surface area contributed by atoms with Crippen molar-refractivity contribution in [3.8, 4) is 5.69 Å². The largest absolute Gasteiger partial charge is 0.322 e. The average molecular weight is 433 g/mol. The van der Waals surface area contributed by atoms with E-state index in [1.165, 1.54) is 22.6 Å². The minimum Gasteiger partial charge on any atom is -0.322 e. The van der Waals surface area contributed by atoms with Crippen molar-refractivity contribution >= 4 is 33.2 Å². The van der Waals surface area contributed by atoms with Crippen LogP contribution in [0.2, 0.25) is 5.02 Å². The van der Waals surface area contributed by atoms with Gasteiger partial charge in [-0.3, -0.25) is 4.79 Å². The van der Waals surface area contributed by atoms with Gasteiger partial charge in [-0.25, -0.2) is 13.1 Å². The average Bonchev–Trinajstić information content (AvgIpc) is 3.21. The monoisotopic (exact) mass is 432 g/mol. The number of nitrogens with zero attached hydrogens (tertiary/aromatic N) is 3. The van der Waals surface area contributed by atoms with Crippen molar-refractivity contribution in [3.63, 3.8) is 0 Å². The second-order valence-electron chi connectivity index (χ2n) is 6.20. The Bertz CT molecular complexity index is 1110. The van der Waals surface area contributed by atoms with Gasteiger partial charge in [0.25, 0.3) is 5.91 Å². The zero-order valence-corrected chi connectivity index (χ0v) is 17.6. The summed E-state index contributed by atoms with van der Waals surface area (Å²) in [6.07, 6.45) is 3.06. The lowest BCUT2D eigenvalue weighted by Gasteiger charge is -2.19. The third-order valence-electron chi connectivity index (χ3n) is 4.38. The van der Waals surface area contributed by atoms with Gasteiger partial charge in [0.15, 0.2) is 0 Å². The molecule has 0 saturated heterocycles. The molecule has 1 N–H and O–H groups in total. The second-order valence-corrected chi connectivity index (χ2v) is 8.51. The van der Waals surface area contributed by atoms with Crippen LogP contribution in [0.15, 0.2) is 65.8 Å². The fourth-order valence-electron chi connectivity index (χ4n) is 2.85. The molecule has 3 aromatic rings. The van der Waals surface area contributed by atoms with E-state index in [0.717, 1.165) is 5.69 Å². The van der Waals surface area contributed by atoms with Crippen LogP contribution in [0.4, 0.5) is 5.69 Å². The maximum absolute atomic E-state index is 12.8. The third-order valence-corrected chi connectivity index (χ3v) is 6.91. The van der Waals surface area contributed by atoms with Crippen LogP contribution in [0.5, 0.6) is 0 Å². The van der Waals surface area contributed by atoms with Gasteiger partial charge in [0.2, 0.25) is 10.0 Å². The van der Waals surface area contributed by atoms with Crippen LogP contribution >= 0.6 is 11.6 Å². The number of carbonyl (C=O) groups excluding carboxylic acids is 1. The number of benzene rings is 2. The Morgan fingerprint density at radius 2 is 1.83 bits per heavy atom. The first-order valence-corrected chi connectivity index (χ1v) is 10.9. The number of sulfonamides is 1. The molecule has 29 heavy (non-hydrogen) atoms. The molecule has 0 saturated carbocycles. The van der Waals surface area contributed by atoms with E-state index in [9.17, 15) is 13.2 Å². The van der Waals surface area contributed by atoms with Crippen molar-refractivity contribution in [2.75, 3.05) is 18.4 Å². The van der Waals surface area contributed by atoms with Crippen molar-refractivity contribution in [2.45, 2.75) is 18.7 Å². The molecule has 0 atom stereocenters. The lowest BCUT2D eigenvalue weighted by atomic mass is 10.3. The van der Waals surface area contributed by atoms with Crippen LogP contribution in [0.25, 0.3) is 5.69 Å². The molecule has 9 heteroatoms. The summed E-state index contributed by atoms with van der Waals surface area (Å²) in [4.78, 5) is 12.6. The Kier molecular flexibility index (Phi) is 6.36. The van der Waals surface area contributed by atoms with Crippen LogP contribution in [0, 0.1) is 0 Å². The molecule has 0 aliphatic carbocycles. The fraction of sp³-hybridized carbons (Fsp3) is 0.200. The van der Waals surface area contributed by atoms with Crippen molar-refractivity contribution in [1.29, 1.82) is 0 Å². The highest BCUT2D eigenvalue weighted by Gasteiger charge is 2.25. The van der Waals surface area contributed by atoms with E-state index < -0.39 is 15.9 Å². The van der Waals surface area contributed by atoms with Crippen molar-refractivity contribution < 1.29 is 13.2 Å². The van der Waals surface area contributed by atoms with Crippen LogP contribution < -0.4 is 5.32 Å². The highest BCUT2D eigenvalue weighted by atomic mass is 35.5. The molecule has 7 nitrogen and oxygen atoms in total. The molecule has 1 aromatic heterocycles. The van der Waals surface area contributed by atoms with E-state index >= 15 is 0 Å². The van der Waals surface area contributed by atoms with Gasteiger partial charge in [0.05, 0.1) is 22.5 Å². The summed E-state index contributed by atoms with van der Waals surface area (Å²) in [7, 11) is -3.75. The van der Waals surface area contributed by atoms with Crippen molar-refractivity contribution in [3.05, 3.63) is 71.5 Å². The fourth-order valence-corrected chi connectivity index (χ4v) is 4.81. The predicted molar refractivity (Wildman–Crippen MR) is 113 cm³/mol. The quantitative estimate of drug-likeness (QED) is 0.615. The number of hydrogen-bond donors (Lipinski definition) is 1. The zero-order chi connectivity index (χ0) is 21.0. The van der Waals surface area contributed by atoms with Crippen LogP contribution in [0.1, 0.15) is 24.2 Å². The zero-order valence-electron chi connectivity index (χ0n) is 16.0. The molecular weight excluding hydrogens is 412 g/mol. The molecule has 3 rings (SSSR count). The van der Waals surface area contributed by atoms with E-state index in [2.05, 4.69) is 10.4 Å². The lowest BCUT2D eigenvalue weighted by molar-refractivity contribution is 0.102. The van der Waals surface area contributed by atoms with Crippen LogP contribution in [-0.2, 0) is 10.0 Å². The standard InChI is InChI=1S/C20H21ClN4O3S/c1-3-24(4-2)29(27,28)19-12-16(10-11-18(19)21)23-20(26)15-13-22-25(14-15)17-8-6-5-7-9-17/h5-14H,3-4H2,1-2H3,(H,23,26). The number of carbonyl (C=O) groups is 1. The van der Waals surface area contributed by atoms with Gasteiger partial charge in [0, 0.05) is 25.0 Å². The van der Waals surface area contributed by atoms with Gasteiger partial charge in [-0.2, -0.15) is 9.40 Å². The van der Waals surface area contributed by atoms with Gasteiger partial charge >= 0.3 is 0 Å². The summed E-state index contributed by atoms with van der Waals surface area (Å²) in [5, 5.41) is 7.00. The van der Waals surface area contributed by atoms with Crippen LogP contribution in [0.3, 0.4) is 0 Å². The Morgan fingerprint density at radius 1 is 1.14 bits per heavy atom. The summed E-state index contributed by atoms with van der Waals surface area (Å²) in [5.74, 6) is -0.402. The molecule has 0 aliphatic heterocycles. The predicted octanol–water partition coefficient (Wildman–Crippen LogP) is 3.81. The molecule has 1 heterocycles. The van der Waals surface area contributed by atoms with Gasteiger partial charge in [-0.15, -0.1) is 0 Å². The first kappa shape index (κ1) is 21.0. The highest BCUT2D eigenvalue weighted by Crippen LogP contribution is 2.28. The van der Waals surface area contributed by atoms with E-state index in [1.807, 2.05) is 30.3 Å². The molecule has 152 valence electrons. The van der Waals surface area contributed by atoms with Crippen LogP contribution in [-0.4, -0.2) is 41.5 Å². The minimum atomic E-state index is -3.75. The van der Waals surface area contributed by atoms with Crippen molar-refractivity contribution in [2.24, 2.45) is 0 Å². The Hall–Kier alpha value is -2.68. The lowest BCUT2D eigenvalue weighted by Crippen LogP contribution is -2.30. The topological polar surface area (TPSA) is 84.3 Å². The molecule has 0 radical (unpaired) electrons. The maximum atomic E-state index is 12.8. The molecule has 0 bridgehead atoms. The first-order valence-electron chi connectivity index (χ1n) is 9.08. The van der Waals surface area contributed by atoms with E-state index in [0.29, 0.717) is 24.3 Å². The summed E-state index contributed by atoms with van der Waals surface area (Å²) in [5.41, 5.74) is 1.50. The summed E-state index contributed by atoms with van der Waals surface area (Å²) in [6.45, 7) is 4.16. The van der Waals surface area contributed by atoms with Gasteiger partial charge in [-0.05, 0) is 30.3 Å². The number of aromatic nitrogens is 2. The number of para-hydroxylation sites is 1. The highest BCUT2D eigenvalue weighted by molar-refractivity contribution is 7.89. The first-order chi connectivity index (χ1) is 13.9. The smallest absolute Gasteiger partial charge is 0.258 e. The molecule has 0 aliphatic rings. The Balaban J connectivity index is 1.84. The summed E-state index contributed by atoms with van der Waals surface area (Å²) < 4.78 is 28.5. The minimum absolute atomic E-state index is 0.0411. The van der Waals surface area contributed by atoms with E-state index in [-0.39, 0.29) is 9.92 Å². The van der Waals surface area contributed by atoms with E-state index in [1.54, 1.807) is 30.8 Å². The molecular formula is C20H21ClN4O3S. The number of anilines is 1. The van der Waals surface area contributed by atoms with Gasteiger partial charge in [0.1, 0.15) is 4.90 Å². The number of amides is 1. The number of rotatable bonds is 7. The molecule has 0 unspecified atom stereocenters. The van der Waals surface area contributed by atoms with Gasteiger partial charge < -0.3 is 5.32 Å². The summed E-state index contributed by atoms with van der Waals surface area (Å²) >= 11 is 6.13. The SMILES string of the molecule is CCN(CC)S(=O)(=O)c1cc(NC(=O)c2cnn(-c3ccccc3)c2)ccc1Cl. The molecule has 1 amide bonds. The molecule has 0 fully saturated rings. The molecule has 0 spiro atoms. The normalized spacial score (nSPS) is 11.6. The Morgan fingerprint density at radius 3 is 2.48 bits per heavy atom. The molecule has 2 aromatic carbocycles. The summed E-state index contributed by atoms with van der Waals surface area (Å²) in [6, 6.07) is 13.8. The Labute approximate surface area is 175 Å². The number of hydrogen-bond acceptors (Lipinski definition) is 4. The second kappa shape index (κ2) is 8.77.